The van der Waals surface area contributed by atoms with Crippen LogP contribution in [0.3, 0.4) is 0 Å². The first-order chi connectivity index (χ1) is 11.2. The zero-order chi connectivity index (χ0) is 16.2. The van der Waals surface area contributed by atoms with Crippen molar-refractivity contribution in [1.82, 2.24) is 15.5 Å². The molecule has 23 heavy (non-hydrogen) atoms. The molecule has 3 rings (SSSR count). The van der Waals surface area contributed by atoms with Crippen LogP contribution in [0.5, 0.6) is 0 Å². The number of halogens is 1. The van der Waals surface area contributed by atoms with Crippen LogP contribution in [0, 0.1) is 11.8 Å². The Labute approximate surface area is 139 Å². The number of carbonyl (C=O) groups is 1. The van der Waals surface area contributed by atoms with Crippen LogP contribution >= 0.6 is 11.6 Å². The highest BCUT2D eigenvalue weighted by Gasteiger charge is 2.31. The van der Waals surface area contributed by atoms with Crippen molar-refractivity contribution in [2.24, 2.45) is 17.6 Å². The second kappa shape index (κ2) is 7.10. The molecule has 1 aliphatic carbocycles. The van der Waals surface area contributed by atoms with E-state index in [9.17, 15) is 4.79 Å². The molecule has 0 spiro atoms. The van der Waals surface area contributed by atoms with Crippen LogP contribution in [0.2, 0.25) is 5.02 Å². The van der Waals surface area contributed by atoms with E-state index in [-0.39, 0.29) is 24.3 Å². The molecule has 7 heteroatoms. The van der Waals surface area contributed by atoms with E-state index in [2.05, 4.69) is 15.5 Å². The van der Waals surface area contributed by atoms with Gasteiger partial charge in [0.05, 0.1) is 6.54 Å². The van der Waals surface area contributed by atoms with Gasteiger partial charge < -0.3 is 15.6 Å². The molecule has 1 aliphatic rings. The fourth-order valence-electron chi connectivity index (χ4n) is 3.00. The Kier molecular flexibility index (Phi) is 4.93. The third kappa shape index (κ3) is 3.71. The Morgan fingerprint density at radius 1 is 1.35 bits per heavy atom. The lowest BCUT2D eigenvalue weighted by Crippen LogP contribution is -2.34. The number of nitrogens with zero attached hydrogens (tertiary/aromatic N) is 2. The third-order valence-electron chi connectivity index (χ3n) is 4.28. The minimum absolute atomic E-state index is 0.00124. The number of carbonyl (C=O) groups excluding carboxylic acids is 1. The Bertz CT molecular complexity index is 671. The van der Waals surface area contributed by atoms with Gasteiger partial charge in [-0.3, -0.25) is 4.79 Å². The lowest BCUT2D eigenvalue weighted by atomic mass is 9.95. The zero-order valence-electron chi connectivity index (χ0n) is 12.7. The zero-order valence-corrected chi connectivity index (χ0v) is 13.4. The normalized spacial score (nSPS) is 20.6. The average molecular weight is 335 g/mol. The number of amides is 1. The maximum atomic E-state index is 12.2. The molecule has 0 unspecified atom stereocenters. The summed E-state index contributed by atoms with van der Waals surface area (Å²) < 4.78 is 5.18. The number of nitrogens with one attached hydrogen (secondary N) is 1. The van der Waals surface area contributed by atoms with Gasteiger partial charge in [-0.15, -0.1) is 0 Å². The third-order valence-corrected chi connectivity index (χ3v) is 4.53. The first-order valence-electron chi connectivity index (χ1n) is 7.73. The molecule has 1 fully saturated rings. The maximum absolute atomic E-state index is 12.2. The fraction of sp³-hybridized carbons (Fsp3) is 0.438. The average Bonchev–Trinajstić information content (AvgIpc) is 3.22. The first kappa shape index (κ1) is 16.0. The van der Waals surface area contributed by atoms with E-state index in [0.29, 0.717) is 23.3 Å². The highest BCUT2D eigenvalue weighted by molar-refractivity contribution is 6.30. The second-order valence-corrected chi connectivity index (χ2v) is 6.21. The molecule has 1 heterocycles. The Hall–Kier alpha value is -1.92. The van der Waals surface area contributed by atoms with Crippen LogP contribution in [-0.4, -0.2) is 22.6 Å². The van der Waals surface area contributed by atoms with E-state index in [1.165, 1.54) is 0 Å². The number of rotatable bonds is 5. The predicted molar refractivity (Wildman–Crippen MR) is 86.5 cm³/mol. The predicted octanol–water partition coefficient (Wildman–Crippen LogP) is 2.38. The van der Waals surface area contributed by atoms with Crippen molar-refractivity contribution in [3.8, 4) is 11.4 Å². The summed E-state index contributed by atoms with van der Waals surface area (Å²) in [5.74, 6) is 1.15. The van der Waals surface area contributed by atoms with Crippen molar-refractivity contribution in [3.05, 3.63) is 35.2 Å². The monoisotopic (exact) mass is 334 g/mol. The second-order valence-electron chi connectivity index (χ2n) is 5.77. The van der Waals surface area contributed by atoms with Gasteiger partial charge in [-0.25, -0.2) is 0 Å². The summed E-state index contributed by atoms with van der Waals surface area (Å²) in [5.41, 5.74) is 6.53. The van der Waals surface area contributed by atoms with Gasteiger partial charge in [-0.1, -0.05) is 23.2 Å². The molecule has 1 amide bonds. The van der Waals surface area contributed by atoms with Crippen LogP contribution in [0.1, 0.15) is 25.2 Å². The number of nitrogens with two attached hydrogens (primary N) is 1. The van der Waals surface area contributed by atoms with E-state index >= 15 is 0 Å². The molecule has 1 aromatic heterocycles. The highest BCUT2D eigenvalue weighted by atomic mass is 35.5. The Morgan fingerprint density at radius 2 is 2.13 bits per heavy atom. The lowest BCUT2D eigenvalue weighted by Gasteiger charge is -2.16. The van der Waals surface area contributed by atoms with E-state index in [4.69, 9.17) is 21.9 Å². The largest absolute Gasteiger partial charge is 0.347 e. The Morgan fingerprint density at radius 3 is 2.87 bits per heavy atom. The quantitative estimate of drug-likeness (QED) is 0.875. The summed E-state index contributed by atoms with van der Waals surface area (Å²) in [6.07, 6.45) is 2.98. The van der Waals surface area contributed by atoms with Crippen LogP contribution < -0.4 is 11.1 Å². The van der Waals surface area contributed by atoms with E-state index in [0.717, 1.165) is 24.8 Å². The van der Waals surface area contributed by atoms with Crippen LogP contribution in [-0.2, 0) is 11.3 Å². The molecule has 1 saturated carbocycles. The van der Waals surface area contributed by atoms with Crippen molar-refractivity contribution in [3.63, 3.8) is 0 Å². The van der Waals surface area contributed by atoms with E-state index in [1.54, 1.807) is 12.1 Å². The smallest absolute Gasteiger partial charge is 0.246 e. The molecule has 1 aromatic carbocycles. The summed E-state index contributed by atoms with van der Waals surface area (Å²) in [6.45, 7) is 0.784. The number of hydrogen-bond donors (Lipinski definition) is 2. The lowest BCUT2D eigenvalue weighted by molar-refractivity contribution is -0.126. The highest BCUT2D eigenvalue weighted by Crippen LogP contribution is 2.31. The van der Waals surface area contributed by atoms with Crippen molar-refractivity contribution < 1.29 is 9.32 Å². The molecule has 6 nitrogen and oxygen atoms in total. The van der Waals surface area contributed by atoms with Crippen LogP contribution in [0.25, 0.3) is 11.4 Å². The standard InChI is InChI=1S/C16H19ClN4O2/c17-12-6-4-10(5-7-12)15-20-14(23-21-15)9-19-16(22)13-3-1-2-11(13)8-18/h4-7,11,13H,1-3,8-9,18H2,(H,19,22)/t11-,13-/m1/s1. The molecule has 0 saturated heterocycles. The van der Waals surface area contributed by atoms with E-state index in [1.807, 2.05) is 12.1 Å². The van der Waals surface area contributed by atoms with Crippen LogP contribution in [0.4, 0.5) is 0 Å². The molecular formula is C16H19ClN4O2. The minimum Gasteiger partial charge on any atom is -0.347 e. The summed E-state index contributed by atoms with van der Waals surface area (Å²) in [6, 6.07) is 7.17. The number of benzene rings is 1. The van der Waals surface area contributed by atoms with Crippen molar-refractivity contribution in [2.75, 3.05) is 6.54 Å². The van der Waals surface area contributed by atoms with E-state index < -0.39 is 0 Å². The number of hydrogen-bond acceptors (Lipinski definition) is 5. The van der Waals surface area contributed by atoms with Gasteiger partial charge in [0.1, 0.15) is 0 Å². The maximum Gasteiger partial charge on any atom is 0.246 e. The molecule has 0 aliphatic heterocycles. The van der Waals surface area contributed by atoms with Gasteiger partial charge in [-0.05, 0) is 49.6 Å². The molecule has 122 valence electrons. The van der Waals surface area contributed by atoms with Crippen molar-refractivity contribution in [2.45, 2.75) is 25.8 Å². The number of aromatic nitrogens is 2. The van der Waals surface area contributed by atoms with Crippen molar-refractivity contribution in [1.29, 1.82) is 0 Å². The molecule has 2 atom stereocenters. The molecule has 3 N–H and O–H groups in total. The molecule has 0 radical (unpaired) electrons. The summed E-state index contributed by atoms with van der Waals surface area (Å²) in [4.78, 5) is 16.5. The molecular weight excluding hydrogens is 316 g/mol. The molecule has 0 bridgehead atoms. The summed E-state index contributed by atoms with van der Waals surface area (Å²) >= 11 is 5.85. The van der Waals surface area contributed by atoms with Crippen LogP contribution in [0.15, 0.2) is 28.8 Å². The van der Waals surface area contributed by atoms with Crippen molar-refractivity contribution >= 4 is 17.5 Å². The topological polar surface area (TPSA) is 94.0 Å². The molecule has 2 aromatic rings. The van der Waals surface area contributed by atoms with Gasteiger partial charge in [-0.2, -0.15) is 4.98 Å². The van der Waals surface area contributed by atoms with Gasteiger partial charge in [0.15, 0.2) is 0 Å². The minimum atomic E-state index is -0.00124. The SMILES string of the molecule is NC[C@H]1CCC[C@H]1C(=O)NCc1nc(-c2ccc(Cl)cc2)no1. The van der Waals surface area contributed by atoms with Gasteiger partial charge in [0.2, 0.25) is 17.6 Å². The Balaban J connectivity index is 1.59. The van der Waals surface area contributed by atoms with Gasteiger partial charge in [0.25, 0.3) is 0 Å². The summed E-state index contributed by atoms with van der Waals surface area (Å²) in [7, 11) is 0. The fourth-order valence-corrected chi connectivity index (χ4v) is 3.13. The first-order valence-corrected chi connectivity index (χ1v) is 8.11. The van der Waals surface area contributed by atoms with Gasteiger partial charge >= 0.3 is 0 Å². The summed E-state index contributed by atoms with van der Waals surface area (Å²) in [5, 5.41) is 7.44. The van der Waals surface area contributed by atoms with Gasteiger partial charge in [0, 0.05) is 16.5 Å².